The highest BCUT2D eigenvalue weighted by Crippen LogP contribution is 2.28. The molecule has 0 saturated carbocycles. The zero-order chi connectivity index (χ0) is 24.8. The fourth-order valence-electron chi connectivity index (χ4n) is 4.34. The Balaban J connectivity index is 3.11. The van der Waals surface area contributed by atoms with Gasteiger partial charge in [0.1, 0.15) is 6.04 Å². The van der Waals surface area contributed by atoms with Crippen molar-refractivity contribution in [3.63, 3.8) is 0 Å². The lowest BCUT2D eigenvalue weighted by Gasteiger charge is -2.45. The molecule has 2 N–H and O–H groups in total. The predicted octanol–water partition coefficient (Wildman–Crippen LogP) is 3.68. The van der Waals surface area contributed by atoms with Crippen molar-refractivity contribution < 1.29 is 19.5 Å². The molecule has 1 saturated heterocycles. The van der Waals surface area contributed by atoms with Crippen LogP contribution in [-0.4, -0.2) is 69.9 Å². The monoisotopic (exact) mass is 451 g/mol. The van der Waals surface area contributed by atoms with E-state index in [1.807, 2.05) is 27.7 Å². The van der Waals surface area contributed by atoms with Gasteiger partial charge >= 0.3 is 5.97 Å². The summed E-state index contributed by atoms with van der Waals surface area (Å²) in [5, 5.41) is 12.3. The first kappa shape index (κ1) is 28.1. The third kappa shape index (κ3) is 7.06. The Morgan fingerprint density at radius 2 is 1.75 bits per heavy atom. The maximum absolute atomic E-state index is 13.5. The summed E-state index contributed by atoms with van der Waals surface area (Å²) in [5.41, 5.74) is 0.117. The van der Waals surface area contributed by atoms with Crippen molar-refractivity contribution in [2.24, 2.45) is 11.8 Å². The van der Waals surface area contributed by atoms with Crippen LogP contribution in [0.15, 0.2) is 11.6 Å². The van der Waals surface area contributed by atoms with Crippen molar-refractivity contribution in [2.75, 3.05) is 13.6 Å². The predicted molar refractivity (Wildman–Crippen MR) is 128 cm³/mol. The van der Waals surface area contributed by atoms with Gasteiger partial charge in [0.15, 0.2) is 0 Å². The number of amides is 2. The lowest BCUT2D eigenvalue weighted by Crippen LogP contribution is -2.61. The Bertz CT molecular complexity index is 699. The van der Waals surface area contributed by atoms with E-state index >= 15 is 0 Å². The summed E-state index contributed by atoms with van der Waals surface area (Å²) in [5.74, 6) is -1.35. The molecule has 184 valence electrons. The topological polar surface area (TPSA) is 90.0 Å². The molecule has 0 radical (unpaired) electrons. The van der Waals surface area contributed by atoms with E-state index in [0.717, 1.165) is 32.2 Å². The van der Waals surface area contributed by atoms with Crippen LogP contribution >= 0.6 is 0 Å². The van der Waals surface area contributed by atoms with Crippen molar-refractivity contribution in [2.45, 2.75) is 105 Å². The van der Waals surface area contributed by atoms with Crippen LogP contribution in [0, 0.1) is 11.8 Å². The molecule has 1 fully saturated rings. The van der Waals surface area contributed by atoms with Crippen LogP contribution < -0.4 is 5.32 Å². The third-order valence-corrected chi connectivity index (χ3v) is 6.91. The van der Waals surface area contributed by atoms with Gasteiger partial charge in [-0.25, -0.2) is 4.79 Å². The Kier molecular flexibility index (Phi) is 10.4. The number of carbonyl (C=O) groups is 3. The molecular weight excluding hydrogens is 406 g/mol. The minimum absolute atomic E-state index is 0.0287. The van der Waals surface area contributed by atoms with Crippen LogP contribution in [0.1, 0.15) is 81.1 Å². The van der Waals surface area contributed by atoms with Gasteiger partial charge in [-0.1, -0.05) is 47.1 Å². The van der Waals surface area contributed by atoms with Crippen LogP contribution in [-0.2, 0) is 14.4 Å². The second-order valence-electron chi connectivity index (χ2n) is 10.4. The van der Waals surface area contributed by atoms with Gasteiger partial charge < -0.3 is 15.3 Å². The molecule has 0 aromatic heterocycles. The van der Waals surface area contributed by atoms with Crippen LogP contribution in [0.3, 0.4) is 0 Å². The lowest BCUT2D eigenvalue weighted by atomic mass is 9.90. The van der Waals surface area contributed by atoms with Gasteiger partial charge in [0.2, 0.25) is 11.8 Å². The Morgan fingerprint density at radius 3 is 2.22 bits per heavy atom. The first-order valence-electron chi connectivity index (χ1n) is 12.0. The number of likely N-dealkylation sites (tertiary alicyclic amines) is 1. The second kappa shape index (κ2) is 11.8. The third-order valence-electron chi connectivity index (χ3n) is 6.91. The van der Waals surface area contributed by atoms with Crippen molar-refractivity contribution in [1.29, 1.82) is 0 Å². The van der Waals surface area contributed by atoms with Crippen molar-refractivity contribution in [3.05, 3.63) is 11.6 Å². The molecule has 0 aromatic carbocycles. The number of carbonyl (C=O) groups excluding carboxylic acids is 2. The van der Waals surface area contributed by atoms with E-state index in [4.69, 9.17) is 0 Å². The summed E-state index contributed by atoms with van der Waals surface area (Å²) in [7, 11) is 1.69. The van der Waals surface area contributed by atoms with Gasteiger partial charge in [0.05, 0.1) is 12.1 Å². The smallest absolute Gasteiger partial charge is 0.331 e. The molecule has 0 aliphatic carbocycles. The number of carboxylic acid groups (broad SMARTS) is 1. The molecule has 32 heavy (non-hydrogen) atoms. The Hall–Kier alpha value is -1.89. The molecular formula is C25H45N3O4. The lowest BCUT2D eigenvalue weighted by molar-refractivity contribution is -0.141. The van der Waals surface area contributed by atoms with E-state index in [2.05, 4.69) is 31.0 Å². The van der Waals surface area contributed by atoms with E-state index in [1.165, 1.54) is 6.92 Å². The maximum Gasteiger partial charge on any atom is 0.331 e. The molecule has 7 heteroatoms. The number of aliphatic carboxylic acids is 1. The number of nitrogens with zero attached hydrogens (tertiary/aromatic N) is 2. The van der Waals surface area contributed by atoms with Crippen molar-refractivity contribution >= 4 is 17.8 Å². The molecule has 1 unspecified atom stereocenters. The maximum atomic E-state index is 13.5. The van der Waals surface area contributed by atoms with Gasteiger partial charge in [-0.05, 0) is 58.4 Å². The summed E-state index contributed by atoms with van der Waals surface area (Å²) < 4.78 is 0. The number of likely N-dealkylation sites (N-methyl/N-ethyl adjacent to an activating group) is 1. The van der Waals surface area contributed by atoms with Crippen molar-refractivity contribution in [1.82, 2.24) is 15.1 Å². The summed E-state index contributed by atoms with van der Waals surface area (Å²) in [6.45, 7) is 16.6. The number of hydrogen-bond acceptors (Lipinski definition) is 4. The van der Waals surface area contributed by atoms with Crippen LogP contribution in [0.4, 0.5) is 0 Å². The number of rotatable bonds is 10. The average Bonchev–Trinajstić information content (AvgIpc) is 2.73. The first-order valence-corrected chi connectivity index (χ1v) is 12.0. The first-order chi connectivity index (χ1) is 14.7. The second-order valence-corrected chi connectivity index (χ2v) is 10.4. The molecule has 0 bridgehead atoms. The van der Waals surface area contributed by atoms with E-state index in [0.29, 0.717) is 0 Å². The molecule has 0 spiro atoms. The standard InChI is InChI=1S/C25H45N3O4/c1-10-25(7,8)28-14-12-11-13-19(28)22(29)26-21(17(4)5)23(30)27(9)20(16(2)3)15-18(6)24(31)32/h15-17,19-21H,10-14H2,1-9H3,(H,26,29)(H,31,32)/b18-15+/t19-,20-,21?/m1/s1. The Morgan fingerprint density at radius 1 is 1.16 bits per heavy atom. The van der Waals surface area contributed by atoms with E-state index < -0.39 is 12.0 Å². The average molecular weight is 452 g/mol. The molecule has 3 atom stereocenters. The summed E-state index contributed by atoms with van der Waals surface area (Å²) in [6.07, 6.45) is 5.44. The van der Waals surface area contributed by atoms with E-state index in [-0.39, 0.29) is 46.8 Å². The van der Waals surface area contributed by atoms with Gasteiger partial charge in [0, 0.05) is 18.2 Å². The number of nitrogens with one attached hydrogen (secondary N) is 1. The fraction of sp³-hybridized carbons (Fsp3) is 0.800. The van der Waals surface area contributed by atoms with E-state index in [1.54, 1.807) is 18.0 Å². The molecule has 7 nitrogen and oxygen atoms in total. The highest BCUT2D eigenvalue weighted by molar-refractivity contribution is 5.90. The van der Waals surface area contributed by atoms with Crippen LogP contribution in [0.25, 0.3) is 0 Å². The van der Waals surface area contributed by atoms with Crippen LogP contribution in [0.5, 0.6) is 0 Å². The van der Waals surface area contributed by atoms with Crippen molar-refractivity contribution in [3.8, 4) is 0 Å². The minimum Gasteiger partial charge on any atom is -0.478 e. The van der Waals surface area contributed by atoms with Crippen LogP contribution in [0.2, 0.25) is 0 Å². The molecule has 0 aromatic rings. The van der Waals surface area contributed by atoms with Gasteiger partial charge in [-0.2, -0.15) is 0 Å². The Labute approximate surface area is 194 Å². The van der Waals surface area contributed by atoms with E-state index in [9.17, 15) is 19.5 Å². The number of hydrogen-bond donors (Lipinski definition) is 2. The van der Waals surface area contributed by atoms with Gasteiger partial charge in [0.25, 0.3) is 0 Å². The summed E-state index contributed by atoms with van der Waals surface area (Å²) in [6, 6.07) is -1.28. The molecule has 1 aliphatic heterocycles. The highest BCUT2D eigenvalue weighted by atomic mass is 16.4. The quantitative estimate of drug-likeness (QED) is 0.495. The zero-order valence-corrected chi connectivity index (χ0v) is 21.6. The SMILES string of the molecule is CCC(C)(C)N1CCCC[C@@H]1C(=O)NC(C(=O)N(C)[C@H](/C=C(\C)C(=O)O)C(C)C)C(C)C. The normalized spacial score (nSPS) is 20.2. The van der Waals surface area contributed by atoms with Gasteiger partial charge in [-0.3, -0.25) is 14.5 Å². The molecule has 2 amide bonds. The van der Waals surface area contributed by atoms with Gasteiger partial charge in [-0.15, -0.1) is 0 Å². The molecule has 1 aliphatic rings. The number of carboxylic acids is 1. The number of piperidine rings is 1. The molecule has 1 rings (SSSR count). The zero-order valence-electron chi connectivity index (χ0n) is 21.6. The minimum atomic E-state index is -0.999. The summed E-state index contributed by atoms with van der Waals surface area (Å²) >= 11 is 0. The molecule has 1 heterocycles. The largest absolute Gasteiger partial charge is 0.478 e. The highest BCUT2D eigenvalue weighted by Gasteiger charge is 2.39. The summed E-state index contributed by atoms with van der Waals surface area (Å²) in [4.78, 5) is 42.0. The fourth-order valence-corrected chi connectivity index (χ4v) is 4.34.